The summed E-state index contributed by atoms with van der Waals surface area (Å²) >= 11 is 5.90. The van der Waals surface area contributed by atoms with E-state index < -0.39 is 13.3 Å². The highest BCUT2D eigenvalue weighted by molar-refractivity contribution is 9.13. The molecule has 0 heterocycles. The van der Waals surface area contributed by atoms with Gasteiger partial charge in [-0.15, -0.1) is 0 Å². The Labute approximate surface area is 110 Å². The lowest BCUT2D eigenvalue weighted by Gasteiger charge is -2.23. The maximum Gasteiger partial charge on any atom is 0.403 e. The number of alkyl halides is 3. The summed E-state index contributed by atoms with van der Waals surface area (Å²) in [5.74, 6) is 0. The van der Waals surface area contributed by atoms with Gasteiger partial charge in [0.2, 0.25) is 0 Å². The van der Waals surface area contributed by atoms with E-state index in [4.69, 9.17) is 0 Å². The molecule has 96 valence electrons. The van der Waals surface area contributed by atoms with Gasteiger partial charge in [0, 0.05) is 15.9 Å². The molecule has 0 aromatic heterocycles. The lowest BCUT2D eigenvalue weighted by Crippen LogP contribution is -2.18. The number of halogens is 4. The molecular weight excluding hydrogens is 373 g/mol. The minimum Gasteiger partial charge on any atom is -0.304 e. The Morgan fingerprint density at radius 1 is 1.38 bits per heavy atom. The summed E-state index contributed by atoms with van der Waals surface area (Å²) in [6, 6.07) is 0. The Morgan fingerprint density at radius 3 is 2.12 bits per heavy atom. The van der Waals surface area contributed by atoms with Gasteiger partial charge in [0.15, 0.2) is 0 Å². The molecule has 0 bridgehead atoms. The van der Waals surface area contributed by atoms with Crippen LogP contribution in [0.4, 0.5) is 8.78 Å². The summed E-state index contributed by atoms with van der Waals surface area (Å²) in [6.07, 6.45) is 0.536. The molecule has 0 aliphatic rings. The second-order valence-electron chi connectivity index (χ2n) is 2.65. The second kappa shape index (κ2) is 7.21. The van der Waals surface area contributed by atoms with Crippen LogP contribution in [0.2, 0.25) is 0 Å². The van der Waals surface area contributed by atoms with Gasteiger partial charge in [-0.2, -0.15) is 8.78 Å². The molecule has 0 N–H and O–H groups in total. The van der Waals surface area contributed by atoms with Gasteiger partial charge < -0.3 is 9.05 Å². The van der Waals surface area contributed by atoms with Crippen LogP contribution < -0.4 is 0 Å². The molecule has 0 unspecified atom stereocenters. The van der Waals surface area contributed by atoms with E-state index in [0.29, 0.717) is 6.08 Å². The predicted octanol–water partition coefficient (Wildman–Crippen LogP) is 4.52. The van der Waals surface area contributed by atoms with E-state index in [1.165, 1.54) is 13.8 Å². The standard InChI is InChI=1S/C8H13Br2F2O3P/c1-3-14-16(13,15-4-2)8(11,12)5-7(10)6-9/h5H,3-4,6H2,1-2H3. The van der Waals surface area contributed by atoms with E-state index in [2.05, 4.69) is 40.9 Å². The van der Waals surface area contributed by atoms with Gasteiger partial charge in [0.05, 0.1) is 13.2 Å². The van der Waals surface area contributed by atoms with Gasteiger partial charge in [0.25, 0.3) is 0 Å². The van der Waals surface area contributed by atoms with Crippen molar-refractivity contribution in [2.75, 3.05) is 18.5 Å². The fourth-order valence-corrected chi connectivity index (χ4v) is 2.89. The third kappa shape index (κ3) is 4.53. The molecule has 0 aromatic carbocycles. The van der Waals surface area contributed by atoms with Gasteiger partial charge in [-0.05, 0) is 13.8 Å². The summed E-state index contributed by atoms with van der Waals surface area (Å²) in [5.41, 5.74) is -3.65. The maximum absolute atomic E-state index is 13.6. The SMILES string of the molecule is CCOP(=O)(OCC)C(F)(F)C=C(Br)CBr. The van der Waals surface area contributed by atoms with Crippen molar-refractivity contribution < 1.29 is 22.4 Å². The molecule has 0 rings (SSSR count). The van der Waals surface area contributed by atoms with Crippen molar-refractivity contribution in [3.63, 3.8) is 0 Å². The first kappa shape index (κ1) is 16.7. The first-order valence-electron chi connectivity index (χ1n) is 4.53. The fraction of sp³-hybridized carbons (Fsp3) is 0.750. The smallest absolute Gasteiger partial charge is 0.304 e. The van der Waals surface area contributed by atoms with Crippen molar-refractivity contribution >= 4 is 39.5 Å². The molecule has 3 nitrogen and oxygen atoms in total. The lowest BCUT2D eigenvalue weighted by atomic mass is 10.5. The van der Waals surface area contributed by atoms with Crippen LogP contribution in [0.25, 0.3) is 0 Å². The van der Waals surface area contributed by atoms with Crippen molar-refractivity contribution in [2.24, 2.45) is 0 Å². The monoisotopic (exact) mass is 384 g/mol. The molecule has 0 aromatic rings. The summed E-state index contributed by atoms with van der Waals surface area (Å²) < 4.78 is 48.4. The molecule has 8 heteroatoms. The Hall–Kier alpha value is 0.710. The molecule has 16 heavy (non-hydrogen) atoms. The summed E-state index contributed by atoms with van der Waals surface area (Å²) in [6.45, 7) is 2.75. The zero-order valence-electron chi connectivity index (χ0n) is 8.88. The van der Waals surface area contributed by atoms with Crippen molar-refractivity contribution in [3.8, 4) is 0 Å². The minimum atomic E-state index is -4.45. The van der Waals surface area contributed by atoms with Gasteiger partial charge in [-0.25, -0.2) is 0 Å². The van der Waals surface area contributed by atoms with Gasteiger partial charge in [-0.1, -0.05) is 31.9 Å². The molecule has 0 amide bonds. The molecule has 0 fully saturated rings. The van der Waals surface area contributed by atoms with Crippen LogP contribution in [0.5, 0.6) is 0 Å². The van der Waals surface area contributed by atoms with Crippen LogP contribution in [0.1, 0.15) is 13.8 Å². The van der Waals surface area contributed by atoms with Crippen LogP contribution in [0, 0.1) is 0 Å². The molecular formula is C8H13Br2F2O3P. The van der Waals surface area contributed by atoms with Gasteiger partial charge in [-0.3, -0.25) is 4.57 Å². The first-order chi connectivity index (χ1) is 7.33. The van der Waals surface area contributed by atoms with E-state index >= 15 is 0 Å². The van der Waals surface area contributed by atoms with Crippen molar-refractivity contribution in [2.45, 2.75) is 19.5 Å². The maximum atomic E-state index is 13.6. The van der Waals surface area contributed by atoms with Crippen LogP contribution in [0.3, 0.4) is 0 Å². The molecule has 0 radical (unpaired) electrons. The highest BCUT2D eigenvalue weighted by Gasteiger charge is 2.51. The molecule has 0 saturated carbocycles. The average Bonchev–Trinajstić information content (AvgIpc) is 2.17. The van der Waals surface area contributed by atoms with E-state index in [9.17, 15) is 13.3 Å². The van der Waals surface area contributed by atoms with Crippen molar-refractivity contribution in [1.29, 1.82) is 0 Å². The van der Waals surface area contributed by atoms with E-state index in [-0.39, 0.29) is 23.0 Å². The largest absolute Gasteiger partial charge is 0.403 e. The van der Waals surface area contributed by atoms with Gasteiger partial charge in [0.1, 0.15) is 0 Å². The summed E-state index contributed by atoms with van der Waals surface area (Å²) in [7, 11) is -4.45. The third-order valence-electron chi connectivity index (χ3n) is 1.42. The van der Waals surface area contributed by atoms with E-state index in [0.717, 1.165) is 0 Å². The highest BCUT2D eigenvalue weighted by Crippen LogP contribution is 2.62. The second-order valence-corrected chi connectivity index (χ2v) is 6.33. The quantitative estimate of drug-likeness (QED) is 0.477. The topological polar surface area (TPSA) is 35.5 Å². The fourth-order valence-electron chi connectivity index (χ4n) is 0.855. The van der Waals surface area contributed by atoms with Gasteiger partial charge >= 0.3 is 13.3 Å². The molecule has 0 aliphatic heterocycles. The average molecular weight is 386 g/mol. The number of rotatable bonds is 7. The zero-order valence-corrected chi connectivity index (χ0v) is 12.9. The van der Waals surface area contributed by atoms with Crippen LogP contribution >= 0.6 is 39.5 Å². The zero-order chi connectivity index (χ0) is 12.8. The molecule has 0 aliphatic carbocycles. The minimum absolute atomic E-state index is 0.105. The summed E-state index contributed by atoms with van der Waals surface area (Å²) in [4.78, 5) is 0. The predicted molar refractivity (Wildman–Crippen MR) is 66.6 cm³/mol. The normalized spacial score (nSPS) is 14.2. The van der Waals surface area contributed by atoms with E-state index in [1.807, 2.05) is 0 Å². The number of allylic oxidation sites excluding steroid dienone is 2. The Balaban J connectivity index is 5.11. The number of hydrogen-bond donors (Lipinski definition) is 0. The van der Waals surface area contributed by atoms with E-state index in [1.54, 1.807) is 0 Å². The highest BCUT2D eigenvalue weighted by atomic mass is 79.9. The van der Waals surface area contributed by atoms with Crippen molar-refractivity contribution in [1.82, 2.24) is 0 Å². The third-order valence-corrected chi connectivity index (χ3v) is 5.34. The molecule has 0 spiro atoms. The van der Waals surface area contributed by atoms with Crippen LogP contribution in [0.15, 0.2) is 10.6 Å². The molecule has 0 atom stereocenters. The molecule has 0 saturated heterocycles. The Bertz CT molecular complexity index is 287. The number of hydrogen-bond acceptors (Lipinski definition) is 3. The first-order valence-corrected chi connectivity index (χ1v) is 7.99. The van der Waals surface area contributed by atoms with Crippen LogP contribution in [-0.4, -0.2) is 24.2 Å². The van der Waals surface area contributed by atoms with Crippen LogP contribution in [-0.2, 0) is 13.6 Å². The summed E-state index contributed by atoms with van der Waals surface area (Å²) in [5, 5.41) is 0.195. The lowest BCUT2D eigenvalue weighted by molar-refractivity contribution is 0.0791. The Kier molecular flexibility index (Phi) is 7.53. The van der Waals surface area contributed by atoms with Crippen molar-refractivity contribution in [3.05, 3.63) is 10.6 Å². The Morgan fingerprint density at radius 2 is 1.81 bits per heavy atom.